The highest BCUT2D eigenvalue weighted by atomic mass is 28.4. The van der Waals surface area contributed by atoms with Crippen molar-refractivity contribution >= 4 is 16.6 Å². The van der Waals surface area contributed by atoms with Crippen LogP contribution in [0.5, 0.6) is 0 Å². The van der Waals surface area contributed by atoms with E-state index in [-0.39, 0.29) is 12.2 Å². The monoisotopic (exact) mass is 476 g/mol. The van der Waals surface area contributed by atoms with Crippen LogP contribution in [0.3, 0.4) is 0 Å². The van der Waals surface area contributed by atoms with Gasteiger partial charge in [-0.05, 0) is 67.9 Å². The lowest BCUT2D eigenvalue weighted by Gasteiger charge is -2.43. The van der Waals surface area contributed by atoms with Crippen molar-refractivity contribution in [2.75, 3.05) is 6.61 Å². The van der Waals surface area contributed by atoms with E-state index in [1.165, 1.54) is 0 Å². The summed E-state index contributed by atoms with van der Waals surface area (Å²) in [5.74, 6) is 11.6. The second kappa shape index (κ2) is 12.4. The van der Waals surface area contributed by atoms with Gasteiger partial charge in [0.1, 0.15) is 18.0 Å². The fourth-order valence-corrected chi connectivity index (χ4v) is 10.5. The molecule has 0 aromatic carbocycles. The molecule has 2 aliphatic heterocycles. The molecular formula is C26H44O4Si2. The predicted molar refractivity (Wildman–Crippen MR) is 137 cm³/mol. The zero-order valence-corrected chi connectivity index (χ0v) is 23.4. The Morgan fingerprint density at radius 1 is 0.906 bits per heavy atom. The fraction of sp³-hybridized carbons (Fsp3) is 0.769. The van der Waals surface area contributed by atoms with E-state index in [0.29, 0.717) is 6.61 Å². The Morgan fingerprint density at radius 3 is 2.00 bits per heavy atom. The van der Waals surface area contributed by atoms with Crippen LogP contribution in [0, 0.1) is 23.7 Å². The van der Waals surface area contributed by atoms with Gasteiger partial charge in [-0.2, -0.15) is 0 Å². The van der Waals surface area contributed by atoms with Crippen LogP contribution in [0.15, 0.2) is 11.8 Å². The van der Waals surface area contributed by atoms with Crippen LogP contribution in [-0.4, -0.2) is 41.2 Å². The largest absolute Gasteiger partial charge is 0.460 e. The zero-order valence-electron chi connectivity index (χ0n) is 21.4. The van der Waals surface area contributed by atoms with Gasteiger partial charge in [-0.3, -0.25) is 0 Å². The molecule has 2 rings (SSSR count). The predicted octanol–water partition coefficient (Wildman–Crippen LogP) is 6.60. The summed E-state index contributed by atoms with van der Waals surface area (Å²) < 4.78 is 27.3. The Kier molecular flexibility index (Phi) is 10.6. The number of hydrogen-bond donors (Lipinski definition) is 0. The summed E-state index contributed by atoms with van der Waals surface area (Å²) >= 11 is 0. The molecule has 0 saturated carbocycles. The van der Waals surface area contributed by atoms with E-state index in [2.05, 4.69) is 65.2 Å². The maximum atomic E-state index is 7.16. The van der Waals surface area contributed by atoms with Crippen molar-refractivity contribution in [3.8, 4) is 23.7 Å². The first kappa shape index (κ1) is 27.2. The lowest BCUT2D eigenvalue weighted by atomic mass is 9.98. The van der Waals surface area contributed by atoms with Crippen molar-refractivity contribution < 1.29 is 18.3 Å². The first-order chi connectivity index (χ1) is 15.4. The maximum absolute atomic E-state index is 7.16. The van der Waals surface area contributed by atoms with Crippen LogP contribution < -0.4 is 0 Å². The second-order valence-electron chi connectivity index (χ2n) is 8.97. The van der Waals surface area contributed by atoms with Crippen molar-refractivity contribution in [3.63, 3.8) is 0 Å². The third kappa shape index (κ3) is 5.90. The third-order valence-corrected chi connectivity index (χ3v) is 16.9. The number of ether oxygens (including phenoxy) is 2. The smallest absolute Gasteiger partial charge is 0.238 e. The molecule has 0 bridgehead atoms. The maximum Gasteiger partial charge on any atom is 0.238 e. The standard InChI is InChI=1S/C26H44O4Si2/c1-8-15-16-17-20-23-24(29-31(9-2,10-3)11-4)25(30-32(12-5,13-6)14-7)26(28-23)21-18-19-22-27-26/h20,24-25H,9-14,18-19,21-22H2,1-7H3/b23-20-/t24-,25+,26+/m0/s1. The molecule has 2 saturated heterocycles. The molecule has 6 heteroatoms. The van der Waals surface area contributed by atoms with Gasteiger partial charge in [-0.1, -0.05) is 53.4 Å². The van der Waals surface area contributed by atoms with Crippen LogP contribution in [-0.2, 0) is 18.3 Å². The van der Waals surface area contributed by atoms with Crippen molar-refractivity contribution in [1.29, 1.82) is 0 Å². The summed E-state index contributed by atoms with van der Waals surface area (Å²) in [5.41, 5.74) is 0. The van der Waals surface area contributed by atoms with E-state index in [1.54, 1.807) is 6.92 Å². The van der Waals surface area contributed by atoms with E-state index in [1.807, 2.05) is 6.08 Å². The van der Waals surface area contributed by atoms with Crippen molar-refractivity contribution in [1.82, 2.24) is 0 Å². The average Bonchev–Trinajstić information content (AvgIpc) is 3.10. The zero-order chi connectivity index (χ0) is 23.7. The lowest BCUT2D eigenvalue weighted by molar-refractivity contribution is -0.253. The Bertz CT molecular complexity index is 725. The van der Waals surface area contributed by atoms with Gasteiger partial charge < -0.3 is 18.3 Å². The summed E-state index contributed by atoms with van der Waals surface area (Å²) in [7, 11) is -3.85. The summed E-state index contributed by atoms with van der Waals surface area (Å²) in [6.07, 6.45) is 4.31. The molecule has 0 aromatic rings. The topological polar surface area (TPSA) is 36.9 Å². The third-order valence-electron chi connectivity index (χ3n) is 7.64. The normalized spacial score (nSPS) is 26.9. The highest BCUT2D eigenvalue weighted by Crippen LogP contribution is 2.47. The van der Waals surface area contributed by atoms with Crippen LogP contribution in [0.1, 0.15) is 67.7 Å². The quantitative estimate of drug-likeness (QED) is 0.263. The van der Waals surface area contributed by atoms with Gasteiger partial charge in [-0.25, -0.2) is 0 Å². The summed E-state index contributed by atoms with van der Waals surface area (Å²) in [6.45, 7) is 16.1. The Morgan fingerprint density at radius 2 is 1.50 bits per heavy atom. The minimum absolute atomic E-state index is 0.240. The summed E-state index contributed by atoms with van der Waals surface area (Å²) in [6, 6.07) is 6.49. The molecule has 2 aliphatic rings. The molecule has 1 spiro atoms. The van der Waals surface area contributed by atoms with Crippen LogP contribution in [0.2, 0.25) is 36.3 Å². The molecule has 2 fully saturated rings. The van der Waals surface area contributed by atoms with E-state index < -0.39 is 22.4 Å². The molecule has 0 unspecified atom stereocenters. The summed E-state index contributed by atoms with van der Waals surface area (Å²) in [5, 5.41) is 0. The first-order valence-electron chi connectivity index (χ1n) is 12.7. The van der Waals surface area contributed by atoms with Crippen LogP contribution in [0.4, 0.5) is 0 Å². The molecule has 4 nitrogen and oxygen atoms in total. The van der Waals surface area contributed by atoms with E-state index in [4.69, 9.17) is 18.3 Å². The van der Waals surface area contributed by atoms with Gasteiger partial charge in [0.15, 0.2) is 16.6 Å². The van der Waals surface area contributed by atoms with Gasteiger partial charge in [-0.15, -0.1) is 0 Å². The highest BCUT2D eigenvalue weighted by Gasteiger charge is 2.59. The van der Waals surface area contributed by atoms with E-state index in [9.17, 15) is 0 Å². The molecule has 0 amide bonds. The van der Waals surface area contributed by atoms with E-state index in [0.717, 1.165) is 61.3 Å². The minimum atomic E-state index is -1.92. The van der Waals surface area contributed by atoms with Gasteiger partial charge >= 0.3 is 0 Å². The lowest BCUT2D eigenvalue weighted by Crippen LogP contribution is -2.56. The molecule has 32 heavy (non-hydrogen) atoms. The highest BCUT2D eigenvalue weighted by molar-refractivity contribution is 6.74. The number of allylic oxidation sites excluding steroid dienone is 1. The second-order valence-corrected chi connectivity index (χ2v) is 18.4. The van der Waals surface area contributed by atoms with E-state index >= 15 is 0 Å². The van der Waals surface area contributed by atoms with Crippen LogP contribution in [0.25, 0.3) is 0 Å². The molecule has 2 heterocycles. The minimum Gasteiger partial charge on any atom is -0.460 e. The number of hydrogen-bond acceptors (Lipinski definition) is 4. The molecule has 0 radical (unpaired) electrons. The number of rotatable bonds is 10. The van der Waals surface area contributed by atoms with Gasteiger partial charge in [0.25, 0.3) is 0 Å². The molecule has 0 aliphatic carbocycles. The molecular weight excluding hydrogens is 432 g/mol. The Hall–Kier alpha value is -1.03. The van der Waals surface area contributed by atoms with Crippen LogP contribution >= 0.6 is 0 Å². The van der Waals surface area contributed by atoms with Gasteiger partial charge in [0.05, 0.1) is 6.61 Å². The van der Waals surface area contributed by atoms with Crippen molar-refractivity contribution in [3.05, 3.63) is 11.8 Å². The first-order valence-corrected chi connectivity index (χ1v) is 17.8. The molecule has 0 N–H and O–H groups in total. The SMILES string of the molecule is CC#CC#C/C=C1\O[C@]2(CCCCO2)[C@H](O[Si](CC)(CC)CC)[C@H]1O[Si](CC)(CC)CC. The molecule has 0 aromatic heterocycles. The molecule has 180 valence electrons. The van der Waals surface area contributed by atoms with Gasteiger partial charge in [0, 0.05) is 12.5 Å². The summed E-state index contributed by atoms with van der Waals surface area (Å²) in [4.78, 5) is 0. The Balaban J connectivity index is 2.58. The van der Waals surface area contributed by atoms with Crippen molar-refractivity contribution in [2.45, 2.75) is 122 Å². The fourth-order valence-electron chi connectivity index (χ4n) is 4.92. The average molecular weight is 477 g/mol. The van der Waals surface area contributed by atoms with Crippen molar-refractivity contribution in [2.24, 2.45) is 0 Å². The molecule has 3 atom stereocenters. The Labute approximate surface area is 199 Å². The van der Waals surface area contributed by atoms with Gasteiger partial charge in [0.2, 0.25) is 5.79 Å².